The first kappa shape index (κ1) is 14.7. The van der Waals surface area contributed by atoms with Gasteiger partial charge in [0.2, 0.25) is 0 Å². The first-order valence-corrected chi connectivity index (χ1v) is 6.28. The molecule has 0 aliphatic heterocycles. The number of carboxylic acids is 1. The fourth-order valence-electron chi connectivity index (χ4n) is 1.87. The number of rotatable bonds is 5. The molecule has 0 heterocycles. The van der Waals surface area contributed by atoms with Crippen LogP contribution < -0.4 is 14.2 Å². The highest BCUT2D eigenvalue weighted by molar-refractivity contribution is 5.91. The third-order valence-electron chi connectivity index (χ3n) is 2.92. The maximum Gasteiger partial charge on any atom is 0.339 e. The lowest BCUT2D eigenvalue weighted by Crippen LogP contribution is -2.01. The Balaban J connectivity index is 2.40. The van der Waals surface area contributed by atoms with Crippen LogP contribution in [0.15, 0.2) is 36.4 Å². The van der Waals surface area contributed by atoms with Crippen LogP contribution in [0, 0.1) is 6.92 Å². The number of carbonyl (C=O) groups is 1. The van der Waals surface area contributed by atoms with Crippen LogP contribution in [0.4, 0.5) is 0 Å². The quantitative estimate of drug-likeness (QED) is 0.912. The summed E-state index contributed by atoms with van der Waals surface area (Å²) in [6.07, 6.45) is 0. The molecule has 1 N–H and O–H groups in total. The van der Waals surface area contributed by atoms with Crippen LogP contribution in [0.25, 0.3) is 0 Å². The maximum atomic E-state index is 11.3. The van der Waals surface area contributed by atoms with Crippen molar-refractivity contribution in [3.63, 3.8) is 0 Å². The smallest absolute Gasteiger partial charge is 0.339 e. The first-order chi connectivity index (χ1) is 10.0. The van der Waals surface area contributed by atoms with E-state index in [1.54, 1.807) is 36.4 Å². The molecular weight excluding hydrogens is 272 g/mol. The van der Waals surface area contributed by atoms with Gasteiger partial charge in [0.25, 0.3) is 0 Å². The normalized spacial score (nSPS) is 10.0. The summed E-state index contributed by atoms with van der Waals surface area (Å²) in [5.41, 5.74) is 0.958. The monoisotopic (exact) mass is 288 g/mol. The van der Waals surface area contributed by atoms with Crippen molar-refractivity contribution in [3.05, 3.63) is 47.5 Å². The van der Waals surface area contributed by atoms with E-state index < -0.39 is 5.97 Å². The van der Waals surface area contributed by atoms with Gasteiger partial charge in [0.1, 0.15) is 28.6 Å². The number of ether oxygens (including phenoxy) is 3. The van der Waals surface area contributed by atoms with Gasteiger partial charge in [0.15, 0.2) is 0 Å². The van der Waals surface area contributed by atoms with Crippen molar-refractivity contribution in [2.75, 3.05) is 14.2 Å². The van der Waals surface area contributed by atoms with Gasteiger partial charge >= 0.3 is 5.97 Å². The molecule has 0 atom stereocenters. The number of benzene rings is 2. The molecule has 0 amide bonds. The lowest BCUT2D eigenvalue weighted by atomic mass is 10.1. The minimum absolute atomic E-state index is 0.108. The minimum atomic E-state index is -1.04. The molecule has 0 saturated carbocycles. The fraction of sp³-hybridized carbons (Fsp3) is 0.188. The van der Waals surface area contributed by atoms with Gasteiger partial charge in [-0.05, 0) is 19.1 Å². The summed E-state index contributed by atoms with van der Waals surface area (Å²) in [5.74, 6) is 0.797. The Hall–Kier alpha value is -2.69. The summed E-state index contributed by atoms with van der Waals surface area (Å²) < 4.78 is 16.0. The highest BCUT2D eigenvalue weighted by Gasteiger charge is 2.13. The van der Waals surface area contributed by atoms with Gasteiger partial charge in [-0.2, -0.15) is 0 Å². The van der Waals surface area contributed by atoms with Crippen molar-refractivity contribution in [2.24, 2.45) is 0 Å². The van der Waals surface area contributed by atoms with Crippen molar-refractivity contribution in [1.29, 1.82) is 0 Å². The SMILES string of the molecule is COc1cc(OC)cc(Oc2ccc(C)cc2C(=O)O)c1. The van der Waals surface area contributed by atoms with Gasteiger partial charge < -0.3 is 19.3 Å². The number of aromatic carboxylic acids is 1. The van der Waals surface area contributed by atoms with E-state index in [0.717, 1.165) is 5.56 Å². The second kappa shape index (κ2) is 6.17. The molecule has 0 aliphatic carbocycles. The fourth-order valence-corrected chi connectivity index (χ4v) is 1.87. The zero-order valence-electron chi connectivity index (χ0n) is 12.0. The second-order valence-corrected chi connectivity index (χ2v) is 4.46. The van der Waals surface area contributed by atoms with Crippen LogP contribution in [0.3, 0.4) is 0 Å². The summed E-state index contributed by atoms with van der Waals surface area (Å²) in [6.45, 7) is 1.82. The number of aryl methyl sites for hydroxylation is 1. The van der Waals surface area contributed by atoms with Crippen LogP contribution >= 0.6 is 0 Å². The van der Waals surface area contributed by atoms with E-state index in [9.17, 15) is 9.90 Å². The van der Waals surface area contributed by atoms with Gasteiger partial charge in [-0.1, -0.05) is 11.6 Å². The number of methoxy groups -OCH3 is 2. The third-order valence-corrected chi connectivity index (χ3v) is 2.92. The number of hydrogen-bond acceptors (Lipinski definition) is 4. The second-order valence-electron chi connectivity index (χ2n) is 4.46. The highest BCUT2D eigenvalue weighted by atomic mass is 16.5. The maximum absolute atomic E-state index is 11.3. The van der Waals surface area contributed by atoms with Gasteiger partial charge in [0, 0.05) is 18.2 Å². The summed E-state index contributed by atoms with van der Waals surface area (Å²) in [4.78, 5) is 11.3. The molecule has 0 radical (unpaired) electrons. The molecular formula is C16H16O5. The van der Waals surface area contributed by atoms with Crippen LogP contribution in [0.2, 0.25) is 0 Å². The Kier molecular flexibility index (Phi) is 4.33. The Morgan fingerprint density at radius 2 is 1.52 bits per heavy atom. The molecule has 21 heavy (non-hydrogen) atoms. The van der Waals surface area contributed by atoms with Crippen LogP contribution in [-0.2, 0) is 0 Å². The zero-order chi connectivity index (χ0) is 15.4. The Labute approximate surface area is 122 Å². The summed E-state index contributed by atoms with van der Waals surface area (Å²) in [5, 5.41) is 9.24. The van der Waals surface area contributed by atoms with E-state index in [1.807, 2.05) is 6.92 Å². The van der Waals surface area contributed by atoms with Gasteiger partial charge in [-0.3, -0.25) is 0 Å². The average Bonchev–Trinajstić information content (AvgIpc) is 2.48. The Bertz CT molecular complexity index is 641. The van der Waals surface area contributed by atoms with E-state index in [0.29, 0.717) is 17.2 Å². The molecule has 0 saturated heterocycles. The molecule has 2 aromatic carbocycles. The molecule has 110 valence electrons. The summed E-state index contributed by atoms with van der Waals surface area (Å²) >= 11 is 0. The lowest BCUT2D eigenvalue weighted by molar-refractivity contribution is 0.0694. The van der Waals surface area contributed by atoms with E-state index in [2.05, 4.69) is 0 Å². The molecule has 2 aromatic rings. The van der Waals surface area contributed by atoms with Gasteiger partial charge in [-0.25, -0.2) is 4.79 Å². The molecule has 0 fully saturated rings. The van der Waals surface area contributed by atoms with Crippen LogP contribution in [0.1, 0.15) is 15.9 Å². The lowest BCUT2D eigenvalue weighted by Gasteiger charge is -2.12. The van der Waals surface area contributed by atoms with Crippen molar-refractivity contribution in [3.8, 4) is 23.0 Å². The zero-order valence-corrected chi connectivity index (χ0v) is 12.0. The molecule has 0 unspecified atom stereocenters. The number of hydrogen-bond donors (Lipinski definition) is 1. The predicted octanol–water partition coefficient (Wildman–Crippen LogP) is 3.50. The third kappa shape index (κ3) is 3.45. The molecule has 0 spiro atoms. The summed E-state index contributed by atoms with van der Waals surface area (Å²) in [6, 6.07) is 10.0. The minimum Gasteiger partial charge on any atom is -0.496 e. The first-order valence-electron chi connectivity index (χ1n) is 6.28. The van der Waals surface area contributed by atoms with E-state index in [4.69, 9.17) is 14.2 Å². The van der Waals surface area contributed by atoms with Gasteiger partial charge in [0.05, 0.1) is 14.2 Å². The van der Waals surface area contributed by atoms with Crippen molar-refractivity contribution in [2.45, 2.75) is 6.92 Å². The summed E-state index contributed by atoms with van der Waals surface area (Å²) in [7, 11) is 3.07. The van der Waals surface area contributed by atoms with Crippen molar-refractivity contribution in [1.82, 2.24) is 0 Å². The molecule has 5 nitrogen and oxygen atoms in total. The van der Waals surface area contributed by atoms with Crippen LogP contribution in [-0.4, -0.2) is 25.3 Å². The van der Waals surface area contributed by atoms with E-state index in [1.165, 1.54) is 14.2 Å². The largest absolute Gasteiger partial charge is 0.496 e. The van der Waals surface area contributed by atoms with E-state index >= 15 is 0 Å². The molecule has 0 bridgehead atoms. The highest BCUT2D eigenvalue weighted by Crippen LogP contribution is 2.32. The van der Waals surface area contributed by atoms with Crippen molar-refractivity contribution >= 4 is 5.97 Å². The standard InChI is InChI=1S/C16H16O5/c1-10-4-5-15(14(6-10)16(17)18)21-13-8-11(19-2)7-12(9-13)20-3/h4-9H,1-3H3,(H,17,18). The molecule has 2 rings (SSSR count). The number of carboxylic acid groups (broad SMARTS) is 1. The topological polar surface area (TPSA) is 65.0 Å². The predicted molar refractivity (Wildman–Crippen MR) is 77.8 cm³/mol. The Morgan fingerprint density at radius 1 is 0.952 bits per heavy atom. The van der Waals surface area contributed by atoms with Crippen LogP contribution in [0.5, 0.6) is 23.0 Å². The average molecular weight is 288 g/mol. The van der Waals surface area contributed by atoms with Gasteiger partial charge in [-0.15, -0.1) is 0 Å². The molecule has 0 aromatic heterocycles. The molecule has 5 heteroatoms. The Morgan fingerprint density at radius 3 is 2.05 bits per heavy atom. The van der Waals surface area contributed by atoms with Crippen molar-refractivity contribution < 1.29 is 24.1 Å². The molecule has 0 aliphatic rings. The van der Waals surface area contributed by atoms with E-state index in [-0.39, 0.29) is 11.3 Å².